The number of hydrogen-bond acceptors (Lipinski definition) is 5. The third-order valence-electron chi connectivity index (χ3n) is 7.11. The Morgan fingerprint density at radius 1 is 1.27 bits per heavy atom. The number of sulfonamides is 1. The van der Waals surface area contributed by atoms with E-state index in [4.69, 9.17) is 4.65 Å². The molecule has 1 saturated carbocycles. The fourth-order valence-electron chi connectivity index (χ4n) is 5.85. The van der Waals surface area contributed by atoms with Gasteiger partial charge in [-0.1, -0.05) is 18.2 Å². The van der Waals surface area contributed by atoms with Gasteiger partial charge in [0.15, 0.2) is 0 Å². The summed E-state index contributed by atoms with van der Waals surface area (Å²) in [6.07, 6.45) is 5.73. The van der Waals surface area contributed by atoms with Gasteiger partial charge in [0.05, 0.1) is 10.5 Å². The molecule has 1 aliphatic carbocycles. The number of nitrogens with one attached hydrogen (secondary N) is 1. The molecular formula is C21H22BN3O4S. The fourth-order valence-corrected chi connectivity index (χ4v) is 7.63. The van der Waals surface area contributed by atoms with E-state index < -0.39 is 22.7 Å². The minimum absolute atomic E-state index is 0.122. The molecule has 2 fully saturated rings. The highest BCUT2D eigenvalue weighted by molar-refractivity contribution is 7.89. The molecule has 2 spiro atoms. The molecule has 9 heteroatoms. The SMILES string of the molecule is Cc1ccccc1S(=O)(=O)N1CCC2(C1)CC1(C2)OB(O)c2cnc3[nH]ccc3c21. The van der Waals surface area contributed by atoms with Crippen LogP contribution in [0.5, 0.6) is 0 Å². The van der Waals surface area contributed by atoms with E-state index in [1.165, 1.54) is 0 Å². The van der Waals surface area contributed by atoms with Crippen LogP contribution in [0.15, 0.2) is 47.6 Å². The van der Waals surface area contributed by atoms with Gasteiger partial charge in [0.1, 0.15) is 5.65 Å². The van der Waals surface area contributed by atoms with E-state index in [1.807, 2.05) is 31.3 Å². The predicted octanol–water partition coefficient (Wildman–Crippen LogP) is 1.66. The molecule has 7 nitrogen and oxygen atoms in total. The first kappa shape index (κ1) is 18.6. The van der Waals surface area contributed by atoms with Crippen LogP contribution in [0.25, 0.3) is 11.0 Å². The van der Waals surface area contributed by atoms with E-state index in [0.29, 0.717) is 30.8 Å². The van der Waals surface area contributed by atoms with Crippen molar-refractivity contribution in [3.63, 3.8) is 0 Å². The highest BCUT2D eigenvalue weighted by Crippen LogP contribution is 2.62. The summed E-state index contributed by atoms with van der Waals surface area (Å²) in [7, 11) is -4.51. The largest absolute Gasteiger partial charge is 0.493 e. The lowest BCUT2D eigenvalue weighted by Gasteiger charge is -2.53. The number of rotatable bonds is 2. The molecular weight excluding hydrogens is 401 g/mol. The second-order valence-electron chi connectivity index (χ2n) is 9.00. The summed E-state index contributed by atoms with van der Waals surface area (Å²) in [6.45, 7) is 2.83. The number of aryl methyl sites for hydroxylation is 1. The number of hydrogen-bond donors (Lipinski definition) is 2. The summed E-state index contributed by atoms with van der Waals surface area (Å²) in [5.74, 6) is 0. The van der Waals surface area contributed by atoms with Gasteiger partial charge in [0.25, 0.3) is 0 Å². The van der Waals surface area contributed by atoms with Gasteiger partial charge < -0.3 is 14.7 Å². The molecule has 1 aromatic carbocycles. The van der Waals surface area contributed by atoms with Crippen molar-refractivity contribution in [2.45, 2.75) is 36.7 Å². The second kappa shape index (κ2) is 5.94. The average molecular weight is 423 g/mol. The Morgan fingerprint density at radius 3 is 2.87 bits per heavy atom. The van der Waals surface area contributed by atoms with Crippen LogP contribution in [0.3, 0.4) is 0 Å². The van der Waals surface area contributed by atoms with Crippen molar-refractivity contribution < 1.29 is 18.1 Å². The summed E-state index contributed by atoms with van der Waals surface area (Å²) in [4.78, 5) is 7.89. The third-order valence-corrected chi connectivity index (χ3v) is 9.12. The monoisotopic (exact) mass is 423 g/mol. The van der Waals surface area contributed by atoms with Gasteiger partial charge in [0, 0.05) is 36.3 Å². The van der Waals surface area contributed by atoms with Gasteiger partial charge >= 0.3 is 7.12 Å². The predicted molar refractivity (Wildman–Crippen MR) is 113 cm³/mol. The van der Waals surface area contributed by atoms with Crippen molar-refractivity contribution in [3.8, 4) is 0 Å². The van der Waals surface area contributed by atoms with Crippen molar-refractivity contribution in [2.24, 2.45) is 5.41 Å². The summed E-state index contributed by atoms with van der Waals surface area (Å²) in [5, 5.41) is 11.5. The van der Waals surface area contributed by atoms with E-state index in [9.17, 15) is 13.4 Å². The highest BCUT2D eigenvalue weighted by atomic mass is 32.2. The van der Waals surface area contributed by atoms with E-state index in [-0.39, 0.29) is 5.41 Å². The molecule has 0 radical (unpaired) electrons. The van der Waals surface area contributed by atoms with Crippen LogP contribution in [-0.2, 0) is 20.3 Å². The van der Waals surface area contributed by atoms with Crippen molar-refractivity contribution >= 4 is 33.6 Å². The summed E-state index contributed by atoms with van der Waals surface area (Å²) >= 11 is 0. The minimum Gasteiger partial charge on any atom is -0.423 e. The third kappa shape index (κ3) is 2.37. The van der Waals surface area contributed by atoms with E-state index in [2.05, 4.69) is 9.97 Å². The molecule has 3 aromatic rings. The number of fused-ring (bicyclic) bond motifs is 4. The van der Waals surface area contributed by atoms with E-state index in [1.54, 1.807) is 22.6 Å². The van der Waals surface area contributed by atoms with Crippen molar-refractivity contribution in [1.29, 1.82) is 0 Å². The van der Waals surface area contributed by atoms with E-state index in [0.717, 1.165) is 34.0 Å². The smallest absolute Gasteiger partial charge is 0.423 e. The standard InChI is InChI=1S/C21H22BN3O4S/c1-14-4-2-3-5-17(14)30(27,28)25-9-7-20(13-25)11-21(12-20)18-15-6-8-23-19(15)24-10-16(18)22(26)29-21/h2-6,8,10,26H,7,9,11-13H2,1H3,(H,23,24). The van der Waals surface area contributed by atoms with Gasteiger partial charge in [0.2, 0.25) is 10.0 Å². The number of pyridine rings is 1. The van der Waals surface area contributed by atoms with Crippen LogP contribution in [0.4, 0.5) is 0 Å². The van der Waals surface area contributed by atoms with Gasteiger partial charge in [-0.2, -0.15) is 4.31 Å². The first-order valence-corrected chi connectivity index (χ1v) is 11.7. The van der Waals surface area contributed by atoms with Gasteiger partial charge in [-0.25, -0.2) is 13.4 Å². The Bertz CT molecular complexity index is 1280. The minimum atomic E-state index is -3.52. The van der Waals surface area contributed by atoms with E-state index >= 15 is 0 Å². The molecule has 154 valence electrons. The lowest BCUT2D eigenvalue weighted by Crippen LogP contribution is -2.52. The lowest BCUT2D eigenvalue weighted by molar-refractivity contribution is -0.108. The van der Waals surface area contributed by atoms with Crippen molar-refractivity contribution in [3.05, 3.63) is 53.9 Å². The molecule has 1 saturated heterocycles. The number of H-pyrrole nitrogens is 1. The zero-order chi connectivity index (χ0) is 20.7. The maximum absolute atomic E-state index is 13.2. The molecule has 2 aliphatic heterocycles. The Morgan fingerprint density at radius 2 is 2.07 bits per heavy atom. The normalized spacial score (nSPS) is 28.5. The van der Waals surface area contributed by atoms with Crippen LogP contribution < -0.4 is 5.46 Å². The molecule has 3 aliphatic rings. The van der Waals surface area contributed by atoms with Crippen LogP contribution in [0.2, 0.25) is 0 Å². The van der Waals surface area contributed by atoms with Crippen LogP contribution in [-0.4, -0.2) is 47.9 Å². The number of benzene rings is 1. The number of aromatic amines is 1. The van der Waals surface area contributed by atoms with Crippen LogP contribution in [0.1, 0.15) is 30.4 Å². The topological polar surface area (TPSA) is 95.5 Å². The molecule has 0 amide bonds. The second-order valence-corrected chi connectivity index (χ2v) is 10.9. The van der Waals surface area contributed by atoms with Crippen molar-refractivity contribution in [1.82, 2.24) is 14.3 Å². The summed E-state index contributed by atoms with van der Waals surface area (Å²) in [6, 6.07) is 9.11. The van der Waals surface area contributed by atoms with Gasteiger partial charge in [-0.3, -0.25) is 0 Å². The summed E-state index contributed by atoms with van der Waals surface area (Å²) in [5.41, 5.74) is 2.58. The Hall–Kier alpha value is -2.20. The first-order valence-electron chi connectivity index (χ1n) is 10.2. The fraction of sp³-hybridized carbons (Fsp3) is 0.381. The number of aromatic nitrogens is 2. The Balaban J connectivity index is 1.31. The molecule has 0 unspecified atom stereocenters. The molecule has 0 bridgehead atoms. The van der Waals surface area contributed by atoms with Gasteiger partial charge in [-0.15, -0.1) is 0 Å². The summed E-state index contributed by atoms with van der Waals surface area (Å²) < 4.78 is 34.2. The maximum atomic E-state index is 13.2. The molecule has 6 rings (SSSR count). The quantitative estimate of drug-likeness (QED) is 0.612. The number of nitrogens with zero attached hydrogens (tertiary/aromatic N) is 2. The zero-order valence-corrected chi connectivity index (χ0v) is 17.4. The molecule has 2 N–H and O–H groups in total. The van der Waals surface area contributed by atoms with Crippen LogP contribution >= 0.6 is 0 Å². The molecule has 2 aromatic heterocycles. The maximum Gasteiger partial charge on any atom is 0.493 e. The lowest BCUT2D eigenvalue weighted by atomic mass is 9.56. The zero-order valence-electron chi connectivity index (χ0n) is 16.6. The highest BCUT2D eigenvalue weighted by Gasteiger charge is 2.64. The van der Waals surface area contributed by atoms with Crippen LogP contribution in [0, 0.1) is 12.3 Å². The Kier molecular flexibility index (Phi) is 3.68. The first-order chi connectivity index (χ1) is 14.3. The Labute approximate surface area is 175 Å². The molecule has 4 heterocycles. The average Bonchev–Trinajstić information content (AvgIpc) is 3.39. The molecule has 30 heavy (non-hydrogen) atoms. The molecule has 0 atom stereocenters. The van der Waals surface area contributed by atoms with Gasteiger partial charge in [-0.05, 0) is 54.9 Å². The van der Waals surface area contributed by atoms with Crippen molar-refractivity contribution in [2.75, 3.05) is 13.1 Å².